The fourth-order valence-corrected chi connectivity index (χ4v) is 10.7. The SMILES string of the molecule is C=C[CH2][Ge]1([CH2]C=C)[CH2]CC(=O)C[CH2]1. The van der Waals surface area contributed by atoms with Crippen molar-refractivity contribution >= 4 is 19.0 Å². The third kappa shape index (κ3) is 2.83. The van der Waals surface area contributed by atoms with Gasteiger partial charge >= 0.3 is 83.0 Å². The second kappa shape index (κ2) is 4.80. The minimum absolute atomic E-state index is 0.467. The van der Waals surface area contributed by atoms with Gasteiger partial charge in [-0.05, 0) is 0 Å². The molecule has 1 aliphatic heterocycles. The number of Topliss-reactive ketones (excluding diaryl/α,β-unsaturated/α-hetero) is 1. The monoisotopic (exact) mass is 240 g/mol. The zero-order valence-electron chi connectivity index (χ0n) is 8.22. The van der Waals surface area contributed by atoms with E-state index < -0.39 is 13.3 Å². The first kappa shape index (κ1) is 10.8. The first-order valence-electron chi connectivity index (χ1n) is 4.96. The van der Waals surface area contributed by atoms with E-state index in [1.54, 1.807) is 0 Å². The normalized spacial score (nSPS) is 21.1. The van der Waals surface area contributed by atoms with Crippen LogP contribution in [0, 0.1) is 0 Å². The summed E-state index contributed by atoms with van der Waals surface area (Å²) in [5.74, 6) is 0.467. The summed E-state index contributed by atoms with van der Waals surface area (Å²) in [6, 6.07) is 0. The Labute approximate surface area is 83.3 Å². The average Bonchev–Trinajstić information content (AvgIpc) is 2.11. The van der Waals surface area contributed by atoms with E-state index in [0.717, 1.165) is 12.8 Å². The number of hydrogen-bond acceptors (Lipinski definition) is 1. The molecule has 0 amide bonds. The molecule has 1 heterocycles. The predicted molar refractivity (Wildman–Crippen MR) is 59.6 cm³/mol. The van der Waals surface area contributed by atoms with E-state index in [2.05, 4.69) is 25.3 Å². The average molecular weight is 239 g/mol. The van der Waals surface area contributed by atoms with Crippen LogP contribution < -0.4 is 0 Å². The van der Waals surface area contributed by atoms with Gasteiger partial charge in [0, 0.05) is 0 Å². The van der Waals surface area contributed by atoms with Crippen LogP contribution in [0.1, 0.15) is 12.8 Å². The van der Waals surface area contributed by atoms with E-state index in [9.17, 15) is 4.79 Å². The minimum atomic E-state index is -1.70. The molecule has 0 atom stereocenters. The number of hydrogen-bond donors (Lipinski definition) is 0. The second-order valence-electron chi connectivity index (χ2n) is 4.02. The van der Waals surface area contributed by atoms with Gasteiger partial charge in [-0.25, -0.2) is 0 Å². The van der Waals surface area contributed by atoms with Crippen molar-refractivity contribution < 1.29 is 4.79 Å². The van der Waals surface area contributed by atoms with Gasteiger partial charge in [0.1, 0.15) is 0 Å². The Morgan fingerprint density at radius 1 is 1.15 bits per heavy atom. The van der Waals surface area contributed by atoms with Gasteiger partial charge in [0.05, 0.1) is 0 Å². The summed E-state index contributed by atoms with van der Waals surface area (Å²) in [6.45, 7) is 7.66. The molecule has 0 aromatic heterocycles. The van der Waals surface area contributed by atoms with Crippen molar-refractivity contribution in [3.8, 4) is 0 Å². The second-order valence-corrected chi connectivity index (χ2v) is 14.1. The zero-order valence-corrected chi connectivity index (χ0v) is 10.3. The molecule has 0 aromatic carbocycles. The van der Waals surface area contributed by atoms with Gasteiger partial charge in [0.15, 0.2) is 0 Å². The van der Waals surface area contributed by atoms with Crippen molar-refractivity contribution in [3.63, 3.8) is 0 Å². The van der Waals surface area contributed by atoms with Crippen LogP contribution in [-0.2, 0) is 4.79 Å². The van der Waals surface area contributed by atoms with Crippen LogP contribution in [0.2, 0.25) is 21.0 Å². The third-order valence-electron chi connectivity index (χ3n) is 3.02. The molecule has 1 saturated heterocycles. The zero-order chi connectivity index (χ0) is 9.73. The summed E-state index contributed by atoms with van der Waals surface area (Å²) in [6.07, 6.45) is 5.78. The topological polar surface area (TPSA) is 17.1 Å². The standard InChI is InChI=1S/C11H18GeO/c1-3-7-12(8-4-2)9-5-11(13)6-10-12/h3-4H,1-2,5-10H2. The Balaban J connectivity index is 2.61. The van der Waals surface area contributed by atoms with E-state index in [-0.39, 0.29) is 0 Å². The van der Waals surface area contributed by atoms with E-state index in [0.29, 0.717) is 5.78 Å². The van der Waals surface area contributed by atoms with Crippen molar-refractivity contribution in [1.29, 1.82) is 0 Å². The molecule has 72 valence electrons. The molecule has 1 fully saturated rings. The van der Waals surface area contributed by atoms with Gasteiger partial charge in [-0.1, -0.05) is 0 Å². The summed E-state index contributed by atoms with van der Waals surface area (Å²) in [4.78, 5) is 11.1. The quantitative estimate of drug-likeness (QED) is 0.543. The Hall–Kier alpha value is -0.307. The Morgan fingerprint density at radius 3 is 2.00 bits per heavy atom. The summed E-state index contributed by atoms with van der Waals surface area (Å²) in [5, 5.41) is 4.83. The molecule has 1 rings (SSSR count). The first-order valence-corrected chi connectivity index (χ1v) is 10.9. The Morgan fingerprint density at radius 2 is 1.62 bits per heavy atom. The molecule has 2 heteroatoms. The molecule has 0 N–H and O–H groups in total. The van der Waals surface area contributed by atoms with Crippen LogP contribution in [0.4, 0.5) is 0 Å². The molecule has 1 aliphatic rings. The van der Waals surface area contributed by atoms with Gasteiger partial charge in [-0.3, -0.25) is 0 Å². The van der Waals surface area contributed by atoms with Gasteiger partial charge < -0.3 is 0 Å². The van der Waals surface area contributed by atoms with Crippen molar-refractivity contribution in [2.75, 3.05) is 0 Å². The maximum atomic E-state index is 11.1. The van der Waals surface area contributed by atoms with Crippen molar-refractivity contribution in [1.82, 2.24) is 0 Å². The third-order valence-corrected chi connectivity index (χ3v) is 13.4. The van der Waals surface area contributed by atoms with Crippen LogP contribution in [-0.4, -0.2) is 19.0 Å². The van der Waals surface area contributed by atoms with Crippen molar-refractivity contribution in [2.24, 2.45) is 0 Å². The molecule has 0 bridgehead atoms. The maximum absolute atomic E-state index is 11.1. The number of ketones is 1. The van der Waals surface area contributed by atoms with Gasteiger partial charge in [0.2, 0.25) is 0 Å². The van der Waals surface area contributed by atoms with E-state index >= 15 is 0 Å². The van der Waals surface area contributed by atoms with E-state index in [1.165, 1.54) is 21.0 Å². The van der Waals surface area contributed by atoms with Crippen molar-refractivity contribution in [2.45, 2.75) is 33.9 Å². The Bertz CT molecular complexity index is 198. The molecule has 13 heavy (non-hydrogen) atoms. The summed E-state index contributed by atoms with van der Waals surface area (Å²) >= 11 is -1.70. The van der Waals surface area contributed by atoms with Crippen LogP contribution in [0.15, 0.2) is 25.3 Å². The molecule has 0 radical (unpaired) electrons. The molecular weight excluding hydrogens is 221 g/mol. The van der Waals surface area contributed by atoms with Crippen LogP contribution in [0.3, 0.4) is 0 Å². The van der Waals surface area contributed by atoms with Gasteiger partial charge in [0.25, 0.3) is 0 Å². The van der Waals surface area contributed by atoms with E-state index in [4.69, 9.17) is 0 Å². The number of allylic oxidation sites excluding steroid dienone is 2. The fraction of sp³-hybridized carbons (Fsp3) is 0.545. The Kier molecular flexibility index (Phi) is 3.98. The number of rotatable bonds is 4. The van der Waals surface area contributed by atoms with Crippen LogP contribution in [0.25, 0.3) is 0 Å². The summed E-state index contributed by atoms with van der Waals surface area (Å²) < 4.78 is 0. The molecule has 0 saturated carbocycles. The van der Waals surface area contributed by atoms with E-state index in [1.807, 2.05) is 0 Å². The number of carbonyl (C=O) groups is 1. The molecule has 0 aromatic rings. The van der Waals surface area contributed by atoms with Crippen LogP contribution in [0.5, 0.6) is 0 Å². The van der Waals surface area contributed by atoms with Crippen molar-refractivity contribution in [3.05, 3.63) is 25.3 Å². The molecular formula is C11H18GeO. The number of carbonyl (C=O) groups excluding carboxylic acids is 1. The molecule has 0 spiro atoms. The molecule has 1 nitrogen and oxygen atoms in total. The van der Waals surface area contributed by atoms with Crippen LogP contribution >= 0.6 is 0 Å². The summed E-state index contributed by atoms with van der Waals surface area (Å²) in [5.41, 5.74) is 0. The fourth-order valence-electron chi connectivity index (χ4n) is 2.16. The van der Waals surface area contributed by atoms with Gasteiger partial charge in [-0.2, -0.15) is 0 Å². The molecule has 0 unspecified atom stereocenters. The molecule has 0 aliphatic carbocycles. The summed E-state index contributed by atoms with van der Waals surface area (Å²) in [7, 11) is 0. The predicted octanol–water partition coefficient (Wildman–Crippen LogP) is 3.17. The van der Waals surface area contributed by atoms with Gasteiger partial charge in [-0.15, -0.1) is 0 Å². The first-order chi connectivity index (χ1) is 6.22.